The van der Waals surface area contributed by atoms with Gasteiger partial charge in [-0.1, -0.05) is 0 Å². The molecule has 18 heavy (non-hydrogen) atoms. The van der Waals surface area contributed by atoms with Crippen molar-refractivity contribution in [3.63, 3.8) is 0 Å². The van der Waals surface area contributed by atoms with Gasteiger partial charge in [0.2, 0.25) is 11.8 Å². The number of hydrogen-bond donors (Lipinski definition) is 4. The minimum absolute atomic E-state index is 0.101. The molecule has 0 aliphatic rings. The smallest absolute Gasteiger partial charge is 0.326 e. The van der Waals surface area contributed by atoms with E-state index in [0.29, 0.717) is 10.8 Å². The zero-order chi connectivity index (χ0) is 13.7. The van der Waals surface area contributed by atoms with Crippen LogP contribution in [0.25, 0.3) is 0 Å². The van der Waals surface area contributed by atoms with Gasteiger partial charge in [-0.2, -0.15) is 0 Å². The second-order valence-corrected chi connectivity index (χ2v) is 4.37. The Kier molecular flexibility index (Phi) is 4.60. The summed E-state index contributed by atoms with van der Waals surface area (Å²) in [5, 5.41) is 12.9. The maximum absolute atomic E-state index is 11.5. The molecule has 98 valence electrons. The Hall–Kier alpha value is -2.16. The SMILES string of the molecule is NC(=O)C[C@@H](NC(=O)Cc1csc(N)n1)C(=O)O. The molecule has 0 aliphatic carbocycles. The Morgan fingerprint density at radius 1 is 1.50 bits per heavy atom. The Morgan fingerprint density at radius 3 is 2.61 bits per heavy atom. The number of primary amides is 1. The molecule has 1 aromatic rings. The third-order valence-corrected chi connectivity index (χ3v) is 2.67. The quantitative estimate of drug-likeness (QED) is 0.506. The first kappa shape index (κ1) is 13.9. The number of nitrogens with zero attached hydrogens (tertiary/aromatic N) is 1. The summed E-state index contributed by atoms with van der Waals surface area (Å²) in [5.41, 5.74) is 10.7. The largest absolute Gasteiger partial charge is 0.480 e. The van der Waals surface area contributed by atoms with Crippen LogP contribution in [0.2, 0.25) is 0 Å². The van der Waals surface area contributed by atoms with Gasteiger partial charge >= 0.3 is 5.97 Å². The lowest BCUT2D eigenvalue weighted by Gasteiger charge is -2.11. The lowest BCUT2D eigenvalue weighted by Crippen LogP contribution is -2.43. The van der Waals surface area contributed by atoms with Gasteiger partial charge in [0.05, 0.1) is 18.5 Å². The third-order valence-electron chi connectivity index (χ3n) is 1.95. The van der Waals surface area contributed by atoms with E-state index in [1.807, 2.05) is 0 Å². The molecule has 0 aliphatic heterocycles. The van der Waals surface area contributed by atoms with Crippen molar-refractivity contribution < 1.29 is 19.5 Å². The summed E-state index contributed by atoms with van der Waals surface area (Å²) in [6.07, 6.45) is -0.559. The van der Waals surface area contributed by atoms with E-state index in [0.717, 1.165) is 0 Å². The van der Waals surface area contributed by atoms with Gasteiger partial charge < -0.3 is 21.9 Å². The van der Waals surface area contributed by atoms with Crippen LogP contribution in [-0.4, -0.2) is 33.9 Å². The normalized spacial score (nSPS) is 11.8. The number of amides is 2. The van der Waals surface area contributed by atoms with Gasteiger partial charge in [0.25, 0.3) is 0 Å². The highest BCUT2D eigenvalue weighted by Crippen LogP contribution is 2.11. The molecule has 0 aromatic carbocycles. The highest BCUT2D eigenvalue weighted by Gasteiger charge is 2.22. The number of nitrogens with two attached hydrogens (primary N) is 2. The van der Waals surface area contributed by atoms with Gasteiger partial charge in [0, 0.05) is 5.38 Å². The molecule has 1 aromatic heterocycles. The summed E-state index contributed by atoms with van der Waals surface area (Å²) < 4.78 is 0. The van der Waals surface area contributed by atoms with Crippen LogP contribution < -0.4 is 16.8 Å². The maximum atomic E-state index is 11.5. The fraction of sp³-hybridized carbons (Fsp3) is 0.333. The van der Waals surface area contributed by atoms with Crippen molar-refractivity contribution in [1.29, 1.82) is 0 Å². The van der Waals surface area contributed by atoms with Crippen LogP contribution in [0, 0.1) is 0 Å². The summed E-state index contributed by atoms with van der Waals surface area (Å²) in [5.74, 6) is -2.69. The molecule has 1 heterocycles. The Morgan fingerprint density at radius 2 is 2.17 bits per heavy atom. The van der Waals surface area contributed by atoms with Crippen molar-refractivity contribution in [2.75, 3.05) is 5.73 Å². The van der Waals surface area contributed by atoms with Gasteiger partial charge in [-0.25, -0.2) is 9.78 Å². The summed E-state index contributed by atoms with van der Waals surface area (Å²) in [6, 6.07) is -1.33. The fourth-order valence-corrected chi connectivity index (χ4v) is 1.78. The van der Waals surface area contributed by atoms with Crippen LogP contribution in [0.1, 0.15) is 12.1 Å². The van der Waals surface area contributed by atoms with Gasteiger partial charge in [0.15, 0.2) is 5.13 Å². The number of nitrogen functional groups attached to an aromatic ring is 1. The first-order valence-corrected chi connectivity index (χ1v) is 5.76. The minimum atomic E-state index is -1.33. The Labute approximate surface area is 106 Å². The summed E-state index contributed by atoms with van der Waals surface area (Å²) >= 11 is 1.18. The van der Waals surface area contributed by atoms with Gasteiger partial charge in [0.1, 0.15) is 6.04 Å². The molecule has 2 amide bonds. The average Bonchev–Trinajstić information content (AvgIpc) is 2.62. The van der Waals surface area contributed by atoms with E-state index in [4.69, 9.17) is 16.6 Å². The predicted octanol–water partition coefficient (Wildman–Crippen LogP) is -1.29. The number of carbonyl (C=O) groups excluding carboxylic acids is 2. The van der Waals surface area contributed by atoms with E-state index in [-0.39, 0.29) is 6.42 Å². The topological polar surface area (TPSA) is 148 Å². The molecule has 0 spiro atoms. The summed E-state index contributed by atoms with van der Waals surface area (Å²) in [7, 11) is 0. The third kappa shape index (κ3) is 4.37. The molecule has 9 heteroatoms. The van der Waals surface area contributed by atoms with Crippen molar-refractivity contribution in [3.8, 4) is 0 Å². The number of carbonyl (C=O) groups is 3. The monoisotopic (exact) mass is 272 g/mol. The van der Waals surface area contributed by atoms with E-state index in [9.17, 15) is 14.4 Å². The Bertz CT molecular complexity index is 473. The number of thiazole rings is 1. The lowest BCUT2D eigenvalue weighted by molar-refractivity contribution is -0.143. The molecule has 1 atom stereocenters. The summed E-state index contributed by atoms with van der Waals surface area (Å²) in [4.78, 5) is 36.8. The number of hydrogen-bond acceptors (Lipinski definition) is 6. The molecule has 8 nitrogen and oxygen atoms in total. The molecule has 1 rings (SSSR count). The first-order chi connectivity index (χ1) is 8.38. The maximum Gasteiger partial charge on any atom is 0.326 e. The molecule has 0 bridgehead atoms. The number of carboxylic acid groups (broad SMARTS) is 1. The zero-order valence-corrected chi connectivity index (χ0v) is 10.1. The molecule has 0 fully saturated rings. The first-order valence-electron chi connectivity index (χ1n) is 4.89. The molecule has 0 unspecified atom stereocenters. The second-order valence-electron chi connectivity index (χ2n) is 3.48. The molecular weight excluding hydrogens is 260 g/mol. The second kappa shape index (κ2) is 5.96. The van der Waals surface area contributed by atoms with Crippen molar-refractivity contribution in [2.45, 2.75) is 18.9 Å². The van der Waals surface area contributed by atoms with Crippen molar-refractivity contribution >= 4 is 34.3 Å². The molecule has 0 saturated carbocycles. The van der Waals surface area contributed by atoms with Gasteiger partial charge in [-0.05, 0) is 0 Å². The minimum Gasteiger partial charge on any atom is -0.480 e. The average molecular weight is 272 g/mol. The van der Waals surface area contributed by atoms with E-state index in [2.05, 4.69) is 10.3 Å². The van der Waals surface area contributed by atoms with Crippen LogP contribution in [-0.2, 0) is 20.8 Å². The standard InChI is InChI=1S/C9H12N4O4S/c10-6(14)2-5(8(16)17)13-7(15)1-4-3-18-9(11)12-4/h3,5H,1-2H2,(H2,10,14)(H2,11,12)(H,13,15)(H,16,17)/t5-/m1/s1. The van der Waals surface area contributed by atoms with Crippen LogP contribution in [0.3, 0.4) is 0 Å². The van der Waals surface area contributed by atoms with E-state index < -0.39 is 30.2 Å². The number of rotatable bonds is 6. The highest BCUT2D eigenvalue weighted by molar-refractivity contribution is 7.13. The van der Waals surface area contributed by atoms with Crippen LogP contribution in [0.5, 0.6) is 0 Å². The van der Waals surface area contributed by atoms with E-state index >= 15 is 0 Å². The number of aromatic nitrogens is 1. The van der Waals surface area contributed by atoms with E-state index in [1.165, 1.54) is 11.3 Å². The lowest BCUT2D eigenvalue weighted by atomic mass is 10.2. The molecule has 6 N–H and O–H groups in total. The number of nitrogens with one attached hydrogen (secondary N) is 1. The van der Waals surface area contributed by atoms with Gasteiger partial charge in [-0.15, -0.1) is 11.3 Å². The van der Waals surface area contributed by atoms with Crippen LogP contribution in [0.4, 0.5) is 5.13 Å². The number of carboxylic acids is 1. The molecule has 0 radical (unpaired) electrons. The van der Waals surface area contributed by atoms with Crippen LogP contribution in [0.15, 0.2) is 5.38 Å². The van der Waals surface area contributed by atoms with E-state index in [1.54, 1.807) is 5.38 Å². The van der Waals surface area contributed by atoms with Crippen molar-refractivity contribution in [3.05, 3.63) is 11.1 Å². The Balaban J connectivity index is 2.56. The molecular formula is C9H12N4O4S. The summed E-state index contributed by atoms with van der Waals surface area (Å²) in [6.45, 7) is 0. The number of anilines is 1. The van der Waals surface area contributed by atoms with Crippen molar-refractivity contribution in [2.24, 2.45) is 5.73 Å². The zero-order valence-electron chi connectivity index (χ0n) is 9.25. The highest BCUT2D eigenvalue weighted by atomic mass is 32.1. The van der Waals surface area contributed by atoms with Gasteiger partial charge in [-0.3, -0.25) is 9.59 Å². The predicted molar refractivity (Wildman–Crippen MR) is 63.6 cm³/mol. The number of aliphatic carboxylic acids is 1. The van der Waals surface area contributed by atoms with Crippen LogP contribution >= 0.6 is 11.3 Å². The fourth-order valence-electron chi connectivity index (χ4n) is 1.21. The molecule has 0 saturated heterocycles. The van der Waals surface area contributed by atoms with Crippen molar-refractivity contribution in [1.82, 2.24) is 10.3 Å².